The molecule has 1 amide bonds. The van der Waals surface area contributed by atoms with Gasteiger partial charge in [-0.2, -0.15) is 0 Å². The number of benzene rings is 3. The van der Waals surface area contributed by atoms with E-state index in [1.165, 1.54) is 16.7 Å². The molecule has 3 aromatic carbocycles. The molecule has 1 N–H and O–H groups in total. The minimum Gasteiger partial charge on any atom is -0.348 e. The Balaban J connectivity index is 1.45. The van der Waals surface area contributed by atoms with Gasteiger partial charge >= 0.3 is 0 Å². The summed E-state index contributed by atoms with van der Waals surface area (Å²) < 4.78 is 24.0. The Bertz CT molecular complexity index is 1320. The number of nitrogens with zero attached hydrogens (tertiary/aromatic N) is 1. The van der Waals surface area contributed by atoms with Crippen LogP contribution in [0.5, 0.6) is 0 Å². The number of hydrogen-bond donors (Lipinski definition) is 1. The number of nitrogens with one attached hydrogen (secondary N) is 1. The lowest BCUT2D eigenvalue weighted by Crippen LogP contribution is -2.38. The largest absolute Gasteiger partial charge is 0.348 e. The topological polar surface area (TPSA) is 66.5 Å². The van der Waals surface area contributed by atoms with E-state index in [0.717, 1.165) is 30.1 Å². The molecular weight excluding hydrogens is 492 g/mol. The molecule has 0 unspecified atom stereocenters. The molecule has 3 aromatic rings. The zero-order valence-electron chi connectivity index (χ0n) is 21.0. The van der Waals surface area contributed by atoms with E-state index >= 15 is 0 Å². The van der Waals surface area contributed by atoms with Gasteiger partial charge < -0.3 is 5.32 Å². The van der Waals surface area contributed by atoms with Crippen LogP contribution in [-0.4, -0.2) is 31.5 Å². The maximum absolute atomic E-state index is 12.9. The molecule has 0 spiro atoms. The quantitative estimate of drug-likeness (QED) is 0.403. The Morgan fingerprint density at radius 2 is 1.69 bits per heavy atom. The van der Waals surface area contributed by atoms with Gasteiger partial charge in [-0.3, -0.25) is 9.69 Å². The molecule has 5 nitrogen and oxygen atoms in total. The summed E-state index contributed by atoms with van der Waals surface area (Å²) in [5.74, 6) is 0.362. The van der Waals surface area contributed by atoms with E-state index in [4.69, 9.17) is 11.6 Å². The Kier molecular flexibility index (Phi) is 8.18. The molecule has 4 rings (SSSR count). The summed E-state index contributed by atoms with van der Waals surface area (Å²) in [6.45, 7) is 8.24. The highest BCUT2D eigenvalue weighted by Crippen LogP contribution is 2.36. The number of sulfone groups is 1. The number of amides is 1. The fourth-order valence-corrected chi connectivity index (χ4v) is 5.91. The van der Waals surface area contributed by atoms with Crippen molar-refractivity contribution < 1.29 is 13.2 Å². The number of rotatable bonds is 8. The van der Waals surface area contributed by atoms with Crippen LogP contribution in [0.2, 0.25) is 5.02 Å². The second-order valence-electron chi connectivity index (χ2n) is 9.68. The van der Waals surface area contributed by atoms with Crippen LogP contribution in [0, 0.1) is 5.92 Å². The Morgan fingerprint density at radius 3 is 2.33 bits per heavy atom. The molecule has 0 bridgehead atoms. The first-order valence-electron chi connectivity index (χ1n) is 12.4. The second kappa shape index (κ2) is 11.2. The average Bonchev–Trinajstić information content (AvgIpc) is 2.88. The third-order valence-electron chi connectivity index (χ3n) is 6.83. The normalized spacial score (nSPS) is 16.1. The zero-order valence-corrected chi connectivity index (χ0v) is 22.6. The van der Waals surface area contributed by atoms with E-state index < -0.39 is 9.84 Å². The van der Waals surface area contributed by atoms with Gasteiger partial charge in [0.2, 0.25) is 0 Å². The summed E-state index contributed by atoms with van der Waals surface area (Å²) in [6.07, 6.45) is 0.890. The molecule has 0 saturated heterocycles. The fourth-order valence-electron chi connectivity index (χ4n) is 4.90. The van der Waals surface area contributed by atoms with Crippen LogP contribution in [0.1, 0.15) is 59.4 Å². The number of carbonyl (C=O) groups is 1. The van der Waals surface area contributed by atoms with Crippen molar-refractivity contribution in [2.24, 2.45) is 5.92 Å². The predicted molar refractivity (Wildman–Crippen MR) is 145 cm³/mol. The van der Waals surface area contributed by atoms with E-state index in [1.54, 1.807) is 31.2 Å². The van der Waals surface area contributed by atoms with Crippen LogP contribution >= 0.6 is 11.6 Å². The summed E-state index contributed by atoms with van der Waals surface area (Å²) >= 11 is 6.06. The van der Waals surface area contributed by atoms with Crippen molar-refractivity contribution in [1.82, 2.24) is 10.2 Å². The molecule has 0 radical (unpaired) electrons. The van der Waals surface area contributed by atoms with Crippen molar-refractivity contribution in [1.29, 1.82) is 0 Å². The van der Waals surface area contributed by atoms with Gasteiger partial charge in [0.1, 0.15) is 0 Å². The third kappa shape index (κ3) is 6.00. The smallest absolute Gasteiger partial charge is 0.251 e. The molecule has 0 fully saturated rings. The zero-order chi connectivity index (χ0) is 25.9. The van der Waals surface area contributed by atoms with E-state index in [1.807, 2.05) is 24.3 Å². The van der Waals surface area contributed by atoms with Gasteiger partial charge in [0.15, 0.2) is 9.84 Å². The van der Waals surface area contributed by atoms with Gasteiger partial charge in [0.25, 0.3) is 5.91 Å². The van der Waals surface area contributed by atoms with Crippen molar-refractivity contribution in [3.05, 3.63) is 99.6 Å². The molecule has 1 aliphatic heterocycles. The van der Waals surface area contributed by atoms with Crippen LogP contribution < -0.4 is 5.32 Å². The Labute approximate surface area is 219 Å². The average molecular weight is 525 g/mol. The SMILES string of the molecule is CCS(=O)(=O)c1ccc(CNC(=O)c2ccc3c(c2)CCN(Cc2ccc(Cl)cc2)[C@@H]3C(C)C)cc1. The van der Waals surface area contributed by atoms with E-state index in [0.29, 0.717) is 22.9 Å². The molecule has 0 aliphatic carbocycles. The predicted octanol–water partition coefficient (Wildman–Crippen LogP) is 5.82. The van der Waals surface area contributed by atoms with Crippen LogP contribution in [0.4, 0.5) is 0 Å². The number of carbonyl (C=O) groups excluding carboxylic acids is 1. The summed E-state index contributed by atoms with van der Waals surface area (Å²) in [6, 6.07) is 21.0. The molecule has 0 aromatic heterocycles. The lowest BCUT2D eigenvalue weighted by molar-refractivity contribution is 0.0950. The molecule has 1 heterocycles. The minimum atomic E-state index is -3.23. The maximum atomic E-state index is 12.9. The van der Waals surface area contributed by atoms with Crippen molar-refractivity contribution in [2.45, 2.75) is 51.2 Å². The first kappa shape index (κ1) is 26.4. The third-order valence-corrected chi connectivity index (χ3v) is 8.83. The standard InChI is InChI=1S/C29H33ClN2O3S/c1-4-36(34,35)26-12-7-21(8-13-26)18-31-29(33)24-9-14-27-23(17-24)15-16-32(28(27)20(2)3)19-22-5-10-25(30)11-6-22/h5-14,17,20,28H,4,15-16,18-19H2,1-3H3,(H,31,33)/t28-/m1/s1. The molecule has 36 heavy (non-hydrogen) atoms. The monoisotopic (exact) mass is 524 g/mol. The molecular formula is C29H33ClN2O3S. The summed E-state index contributed by atoms with van der Waals surface area (Å²) in [5.41, 5.74) is 5.25. The van der Waals surface area contributed by atoms with Crippen LogP contribution in [0.25, 0.3) is 0 Å². The lowest BCUT2D eigenvalue weighted by atomic mass is 9.85. The van der Waals surface area contributed by atoms with Crippen LogP contribution in [0.15, 0.2) is 71.6 Å². The number of hydrogen-bond acceptors (Lipinski definition) is 4. The Morgan fingerprint density at radius 1 is 1.03 bits per heavy atom. The number of halogens is 1. The molecule has 190 valence electrons. The summed E-state index contributed by atoms with van der Waals surface area (Å²) in [5, 5.41) is 3.71. The van der Waals surface area contributed by atoms with Gasteiger partial charge in [0.05, 0.1) is 10.6 Å². The van der Waals surface area contributed by atoms with Gasteiger partial charge in [-0.25, -0.2) is 8.42 Å². The van der Waals surface area contributed by atoms with Crippen molar-refractivity contribution >= 4 is 27.3 Å². The summed E-state index contributed by atoms with van der Waals surface area (Å²) in [4.78, 5) is 15.7. The second-order valence-corrected chi connectivity index (χ2v) is 12.4. The van der Waals surface area contributed by atoms with Gasteiger partial charge in [-0.05, 0) is 71.0 Å². The van der Waals surface area contributed by atoms with E-state index in [9.17, 15) is 13.2 Å². The van der Waals surface area contributed by atoms with Gasteiger partial charge in [-0.15, -0.1) is 0 Å². The van der Waals surface area contributed by atoms with Crippen molar-refractivity contribution in [3.63, 3.8) is 0 Å². The molecule has 1 atom stereocenters. The molecule has 7 heteroatoms. The maximum Gasteiger partial charge on any atom is 0.251 e. The highest BCUT2D eigenvalue weighted by Gasteiger charge is 2.30. The van der Waals surface area contributed by atoms with Crippen LogP contribution in [0.3, 0.4) is 0 Å². The van der Waals surface area contributed by atoms with Gasteiger partial charge in [-0.1, -0.05) is 62.7 Å². The highest BCUT2D eigenvalue weighted by molar-refractivity contribution is 7.91. The number of fused-ring (bicyclic) bond motifs is 1. The van der Waals surface area contributed by atoms with E-state index in [2.05, 4.69) is 42.3 Å². The fraction of sp³-hybridized carbons (Fsp3) is 0.345. The summed E-state index contributed by atoms with van der Waals surface area (Å²) in [7, 11) is -3.23. The molecule has 1 aliphatic rings. The van der Waals surface area contributed by atoms with Crippen molar-refractivity contribution in [3.8, 4) is 0 Å². The molecule has 0 saturated carbocycles. The van der Waals surface area contributed by atoms with E-state index in [-0.39, 0.29) is 17.7 Å². The highest BCUT2D eigenvalue weighted by atomic mass is 35.5. The Hall–Kier alpha value is -2.67. The van der Waals surface area contributed by atoms with Crippen molar-refractivity contribution in [2.75, 3.05) is 12.3 Å². The minimum absolute atomic E-state index is 0.0674. The first-order chi connectivity index (χ1) is 17.2. The van der Waals surface area contributed by atoms with Gasteiger partial charge in [0, 0.05) is 36.3 Å². The lowest BCUT2D eigenvalue weighted by Gasteiger charge is -2.40. The van der Waals surface area contributed by atoms with Crippen LogP contribution in [-0.2, 0) is 29.3 Å². The first-order valence-corrected chi connectivity index (χ1v) is 14.4.